The van der Waals surface area contributed by atoms with Gasteiger partial charge in [-0.25, -0.2) is 4.90 Å². The van der Waals surface area contributed by atoms with Crippen LogP contribution in [0, 0.1) is 13.8 Å². The Morgan fingerprint density at radius 1 is 0.846 bits per heavy atom. The van der Waals surface area contributed by atoms with Gasteiger partial charge in [0, 0.05) is 11.1 Å². The molecule has 1 aliphatic rings. The van der Waals surface area contributed by atoms with Crippen LogP contribution in [0.4, 0.5) is 5.69 Å². The summed E-state index contributed by atoms with van der Waals surface area (Å²) in [6, 6.07) is 18.2. The number of imide groups is 1. The fourth-order valence-corrected chi connectivity index (χ4v) is 3.17. The van der Waals surface area contributed by atoms with Crippen LogP contribution < -0.4 is 4.90 Å². The van der Waals surface area contributed by atoms with Gasteiger partial charge in [-0.2, -0.15) is 0 Å². The summed E-state index contributed by atoms with van der Waals surface area (Å²) in [6.45, 7) is 3.78. The predicted octanol–water partition coefficient (Wildman–Crippen LogP) is 4.62. The molecule has 26 heavy (non-hydrogen) atoms. The van der Waals surface area contributed by atoms with E-state index in [1.54, 1.807) is 30.3 Å². The number of amides is 2. The Morgan fingerprint density at radius 3 is 2.31 bits per heavy atom. The first-order chi connectivity index (χ1) is 12.5. The smallest absolute Gasteiger partial charge is 0.266 e. The third-order valence-corrected chi connectivity index (χ3v) is 4.39. The van der Waals surface area contributed by atoms with Crippen molar-refractivity contribution in [3.8, 4) is 0 Å². The zero-order valence-corrected chi connectivity index (χ0v) is 14.5. The van der Waals surface area contributed by atoms with Gasteiger partial charge < -0.3 is 4.42 Å². The van der Waals surface area contributed by atoms with Crippen LogP contribution in [-0.2, 0) is 4.79 Å². The SMILES string of the molecule is Cc1cccc(N2C(=O)C(=Cc3ccc(C)o3)c3ccccc3C2=O)c1. The molecule has 0 saturated heterocycles. The maximum Gasteiger partial charge on any atom is 0.266 e. The van der Waals surface area contributed by atoms with Gasteiger partial charge in [0.05, 0.1) is 11.3 Å². The molecule has 0 saturated carbocycles. The minimum absolute atomic E-state index is 0.316. The van der Waals surface area contributed by atoms with E-state index in [-0.39, 0.29) is 11.8 Å². The first-order valence-electron chi connectivity index (χ1n) is 8.37. The molecule has 0 atom stereocenters. The normalized spacial score (nSPS) is 15.5. The van der Waals surface area contributed by atoms with Crippen molar-refractivity contribution in [1.29, 1.82) is 0 Å². The largest absolute Gasteiger partial charge is 0.462 e. The number of furan rings is 1. The summed E-state index contributed by atoms with van der Waals surface area (Å²) in [6.07, 6.45) is 1.70. The van der Waals surface area contributed by atoms with Crippen molar-refractivity contribution >= 4 is 29.2 Å². The first kappa shape index (κ1) is 16.1. The standard InChI is InChI=1S/C22H17NO3/c1-14-6-5-7-16(12-14)23-21(24)19-9-4-3-8-18(19)20(22(23)25)13-17-11-10-15(2)26-17/h3-13H,1-2H3. The second kappa shape index (κ2) is 6.15. The van der Waals surface area contributed by atoms with E-state index in [4.69, 9.17) is 4.42 Å². The van der Waals surface area contributed by atoms with Crippen molar-refractivity contribution in [3.05, 3.63) is 88.9 Å². The molecule has 0 fully saturated rings. The monoisotopic (exact) mass is 343 g/mol. The van der Waals surface area contributed by atoms with E-state index in [0.717, 1.165) is 11.3 Å². The first-order valence-corrected chi connectivity index (χ1v) is 8.37. The second-order valence-electron chi connectivity index (χ2n) is 6.34. The summed E-state index contributed by atoms with van der Waals surface area (Å²) < 4.78 is 5.60. The number of rotatable bonds is 2. The molecule has 128 valence electrons. The lowest BCUT2D eigenvalue weighted by atomic mass is 9.92. The summed E-state index contributed by atoms with van der Waals surface area (Å²) >= 11 is 0. The van der Waals surface area contributed by atoms with Gasteiger partial charge in [0.25, 0.3) is 11.8 Å². The summed E-state index contributed by atoms with van der Waals surface area (Å²) in [5.41, 5.74) is 3.12. The van der Waals surface area contributed by atoms with E-state index < -0.39 is 0 Å². The Labute approximate surface area is 151 Å². The van der Waals surface area contributed by atoms with E-state index in [9.17, 15) is 9.59 Å². The molecule has 3 aromatic rings. The van der Waals surface area contributed by atoms with Gasteiger partial charge in [-0.3, -0.25) is 9.59 Å². The van der Waals surface area contributed by atoms with Gasteiger partial charge in [0.15, 0.2) is 0 Å². The number of fused-ring (bicyclic) bond motifs is 1. The Kier molecular flexibility index (Phi) is 3.81. The van der Waals surface area contributed by atoms with Crippen molar-refractivity contribution in [3.63, 3.8) is 0 Å². The lowest BCUT2D eigenvalue weighted by Crippen LogP contribution is -2.41. The van der Waals surface area contributed by atoms with Gasteiger partial charge >= 0.3 is 0 Å². The fraction of sp³-hybridized carbons (Fsp3) is 0.0909. The molecule has 4 heteroatoms. The van der Waals surface area contributed by atoms with Crippen LogP contribution >= 0.6 is 0 Å². The second-order valence-corrected chi connectivity index (χ2v) is 6.34. The molecule has 0 bridgehead atoms. The van der Waals surface area contributed by atoms with E-state index in [1.165, 1.54) is 4.90 Å². The lowest BCUT2D eigenvalue weighted by Gasteiger charge is -2.28. The molecule has 1 aliphatic heterocycles. The molecule has 0 radical (unpaired) electrons. The molecular formula is C22H17NO3. The van der Waals surface area contributed by atoms with Crippen LogP contribution in [0.2, 0.25) is 0 Å². The van der Waals surface area contributed by atoms with Crippen LogP contribution in [-0.4, -0.2) is 11.8 Å². The number of carbonyl (C=O) groups excluding carboxylic acids is 2. The molecule has 2 heterocycles. The van der Waals surface area contributed by atoms with E-state index in [1.807, 2.05) is 50.2 Å². The van der Waals surface area contributed by atoms with Gasteiger partial charge in [-0.15, -0.1) is 0 Å². The summed E-state index contributed by atoms with van der Waals surface area (Å²) in [7, 11) is 0. The predicted molar refractivity (Wildman–Crippen MR) is 101 cm³/mol. The van der Waals surface area contributed by atoms with Crippen molar-refractivity contribution in [1.82, 2.24) is 0 Å². The number of hydrogen-bond acceptors (Lipinski definition) is 3. The lowest BCUT2D eigenvalue weighted by molar-refractivity contribution is -0.112. The van der Waals surface area contributed by atoms with E-state index >= 15 is 0 Å². The topological polar surface area (TPSA) is 50.5 Å². The van der Waals surface area contributed by atoms with Crippen molar-refractivity contribution in [2.75, 3.05) is 4.90 Å². The van der Waals surface area contributed by atoms with Crippen molar-refractivity contribution < 1.29 is 14.0 Å². The Balaban J connectivity index is 1.91. The van der Waals surface area contributed by atoms with Crippen LogP contribution in [0.3, 0.4) is 0 Å². The molecule has 4 nitrogen and oxygen atoms in total. The molecule has 4 rings (SSSR count). The number of anilines is 1. The Bertz CT molecular complexity index is 1060. The van der Waals surface area contributed by atoms with E-state index in [0.29, 0.717) is 28.1 Å². The zero-order chi connectivity index (χ0) is 18.3. The highest BCUT2D eigenvalue weighted by Crippen LogP contribution is 2.33. The molecule has 1 aromatic heterocycles. The van der Waals surface area contributed by atoms with Gasteiger partial charge in [0.2, 0.25) is 0 Å². The molecule has 0 unspecified atom stereocenters. The highest BCUT2D eigenvalue weighted by atomic mass is 16.3. The van der Waals surface area contributed by atoms with Gasteiger partial charge in [0.1, 0.15) is 11.5 Å². The number of carbonyl (C=O) groups is 2. The maximum atomic E-state index is 13.2. The minimum Gasteiger partial charge on any atom is -0.462 e. The molecule has 0 aliphatic carbocycles. The highest BCUT2D eigenvalue weighted by Gasteiger charge is 2.35. The summed E-state index contributed by atoms with van der Waals surface area (Å²) in [4.78, 5) is 27.4. The van der Waals surface area contributed by atoms with Crippen molar-refractivity contribution in [2.24, 2.45) is 0 Å². The third-order valence-electron chi connectivity index (χ3n) is 4.39. The quantitative estimate of drug-likeness (QED) is 0.504. The summed E-state index contributed by atoms with van der Waals surface area (Å²) in [5.74, 6) is 0.677. The van der Waals surface area contributed by atoms with Gasteiger partial charge in [-0.05, 0) is 55.8 Å². The number of nitrogens with zero attached hydrogens (tertiary/aromatic N) is 1. The average Bonchev–Trinajstić information content (AvgIpc) is 3.04. The van der Waals surface area contributed by atoms with Crippen LogP contribution in [0.25, 0.3) is 11.6 Å². The molecular weight excluding hydrogens is 326 g/mol. The molecule has 0 spiro atoms. The van der Waals surface area contributed by atoms with Crippen molar-refractivity contribution in [2.45, 2.75) is 13.8 Å². The zero-order valence-electron chi connectivity index (χ0n) is 14.5. The fourth-order valence-electron chi connectivity index (χ4n) is 3.17. The summed E-state index contributed by atoms with van der Waals surface area (Å²) in [5, 5.41) is 0. The number of aryl methyl sites for hydroxylation is 2. The van der Waals surface area contributed by atoms with Crippen LogP contribution in [0.15, 0.2) is 65.1 Å². The van der Waals surface area contributed by atoms with E-state index in [2.05, 4.69) is 0 Å². The minimum atomic E-state index is -0.353. The van der Waals surface area contributed by atoms with Crippen LogP contribution in [0.1, 0.15) is 33.0 Å². The molecule has 2 aromatic carbocycles. The average molecular weight is 343 g/mol. The Morgan fingerprint density at radius 2 is 1.62 bits per heavy atom. The van der Waals surface area contributed by atoms with Crippen LogP contribution in [0.5, 0.6) is 0 Å². The molecule has 2 amide bonds. The maximum absolute atomic E-state index is 13.2. The Hall–Kier alpha value is -3.40. The third kappa shape index (κ3) is 2.65. The number of benzene rings is 2. The molecule has 0 N–H and O–H groups in total. The van der Waals surface area contributed by atoms with Gasteiger partial charge in [-0.1, -0.05) is 30.3 Å². The highest BCUT2D eigenvalue weighted by molar-refractivity contribution is 6.43. The number of hydrogen-bond donors (Lipinski definition) is 0.